The summed E-state index contributed by atoms with van der Waals surface area (Å²) in [6.45, 7) is 1.84. The molecule has 0 spiro atoms. The van der Waals surface area contributed by atoms with Gasteiger partial charge in [-0.1, -0.05) is 18.2 Å². The fourth-order valence-corrected chi connectivity index (χ4v) is 2.50. The molecule has 0 bridgehead atoms. The first-order valence-corrected chi connectivity index (χ1v) is 7.63. The van der Waals surface area contributed by atoms with Gasteiger partial charge in [-0.3, -0.25) is 4.57 Å². The number of carbonyl (C=O) groups is 1. The molecule has 0 aliphatic carbocycles. The summed E-state index contributed by atoms with van der Waals surface area (Å²) in [5.74, 6) is -0.488. The maximum Gasteiger partial charge on any atom is 0.338 e. The molecule has 1 N–H and O–H groups in total. The molecule has 1 heterocycles. The summed E-state index contributed by atoms with van der Waals surface area (Å²) in [6.07, 6.45) is 1.62. The van der Waals surface area contributed by atoms with Crippen LogP contribution < -0.4 is 5.69 Å². The Morgan fingerprint density at radius 3 is 2.56 bits per heavy atom. The van der Waals surface area contributed by atoms with Gasteiger partial charge in [0.25, 0.3) is 0 Å². The minimum atomic E-state index is -0.488. The molecule has 2 aromatic carbocycles. The molecule has 3 rings (SSSR count). The van der Waals surface area contributed by atoms with Gasteiger partial charge in [-0.05, 0) is 37.3 Å². The molecule has 6 nitrogen and oxygen atoms in total. The summed E-state index contributed by atoms with van der Waals surface area (Å²) >= 11 is 0. The van der Waals surface area contributed by atoms with Crippen molar-refractivity contribution in [3.05, 3.63) is 87.6 Å². The topological polar surface area (TPSA) is 87.9 Å². The van der Waals surface area contributed by atoms with Crippen molar-refractivity contribution in [1.29, 1.82) is 5.26 Å². The summed E-state index contributed by atoms with van der Waals surface area (Å²) in [7, 11) is 0. The second-order valence-corrected chi connectivity index (χ2v) is 5.46. The molecule has 0 aliphatic heterocycles. The van der Waals surface area contributed by atoms with Crippen LogP contribution in [0.15, 0.2) is 59.5 Å². The fraction of sp³-hybridized carbons (Fsp3) is 0.105. The number of esters is 1. The van der Waals surface area contributed by atoms with E-state index in [0.29, 0.717) is 22.4 Å². The molecule has 0 unspecified atom stereocenters. The lowest BCUT2D eigenvalue weighted by molar-refractivity contribution is 0.0472. The molecular formula is C19H15N3O3. The Hall–Kier alpha value is -3.59. The molecular weight excluding hydrogens is 318 g/mol. The standard InChI is InChI=1S/C19H15N3O3/c1-13-11-21-19(24)22(13)17-8-6-14(7-9-17)18(23)25-12-16-5-3-2-4-15(16)10-20/h2-9,11H,12H2,1H3,(H,21,24). The smallest absolute Gasteiger partial charge is 0.338 e. The Labute approximate surface area is 143 Å². The van der Waals surface area contributed by atoms with Crippen LogP contribution in [0.3, 0.4) is 0 Å². The van der Waals surface area contributed by atoms with Crippen LogP contribution in [0, 0.1) is 18.3 Å². The number of nitrogens with zero attached hydrogens (tertiary/aromatic N) is 2. The van der Waals surface area contributed by atoms with Crippen molar-refractivity contribution < 1.29 is 9.53 Å². The van der Waals surface area contributed by atoms with Gasteiger partial charge < -0.3 is 9.72 Å². The van der Waals surface area contributed by atoms with E-state index in [0.717, 1.165) is 5.69 Å². The molecule has 0 atom stereocenters. The quantitative estimate of drug-likeness (QED) is 0.744. The molecule has 124 valence electrons. The van der Waals surface area contributed by atoms with Gasteiger partial charge in [0.1, 0.15) is 6.61 Å². The predicted molar refractivity (Wildman–Crippen MR) is 91.4 cm³/mol. The molecule has 3 aromatic rings. The van der Waals surface area contributed by atoms with Gasteiger partial charge in [-0.25, -0.2) is 9.59 Å². The van der Waals surface area contributed by atoms with Crippen molar-refractivity contribution >= 4 is 5.97 Å². The average Bonchev–Trinajstić information content (AvgIpc) is 2.98. The lowest BCUT2D eigenvalue weighted by Crippen LogP contribution is -2.16. The van der Waals surface area contributed by atoms with Gasteiger partial charge in [0.15, 0.2) is 0 Å². The monoisotopic (exact) mass is 333 g/mol. The Balaban J connectivity index is 1.73. The van der Waals surface area contributed by atoms with Crippen molar-refractivity contribution in [2.45, 2.75) is 13.5 Å². The summed E-state index contributed by atoms with van der Waals surface area (Å²) in [5.41, 5.74) is 2.71. The highest BCUT2D eigenvalue weighted by Gasteiger charge is 2.11. The van der Waals surface area contributed by atoms with Crippen molar-refractivity contribution in [3.63, 3.8) is 0 Å². The van der Waals surface area contributed by atoms with Crippen LogP contribution in [0.1, 0.15) is 27.2 Å². The third kappa shape index (κ3) is 3.35. The number of benzene rings is 2. The van der Waals surface area contributed by atoms with E-state index in [2.05, 4.69) is 11.1 Å². The van der Waals surface area contributed by atoms with Crippen LogP contribution in [0.2, 0.25) is 0 Å². The van der Waals surface area contributed by atoms with Gasteiger partial charge in [0.2, 0.25) is 0 Å². The molecule has 0 aliphatic rings. The number of aromatic amines is 1. The molecule has 0 amide bonds. The van der Waals surface area contributed by atoms with E-state index in [-0.39, 0.29) is 12.3 Å². The number of ether oxygens (including phenoxy) is 1. The predicted octanol–water partition coefficient (Wildman–Crippen LogP) is 2.70. The van der Waals surface area contributed by atoms with E-state index >= 15 is 0 Å². The maximum absolute atomic E-state index is 12.2. The minimum absolute atomic E-state index is 0.0285. The summed E-state index contributed by atoms with van der Waals surface area (Å²) < 4.78 is 6.78. The third-order valence-corrected chi connectivity index (χ3v) is 3.82. The van der Waals surface area contributed by atoms with Gasteiger partial charge >= 0.3 is 11.7 Å². The van der Waals surface area contributed by atoms with Crippen LogP contribution >= 0.6 is 0 Å². The number of H-pyrrole nitrogens is 1. The SMILES string of the molecule is Cc1c[nH]c(=O)n1-c1ccc(C(=O)OCc2ccccc2C#N)cc1. The molecule has 6 heteroatoms. The zero-order valence-electron chi connectivity index (χ0n) is 13.5. The summed E-state index contributed by atoms with van der Waals surface area (Å²) in [6, 6.07) is 15.6. The number of aromatic nitrogens is 2. The highest BCUT2D eigenvalue weighted by Crippen LogP contribution is 2.13. The number of aryl methyl sites for hydroxylation is 1. The van der Waals surface area contributed by atoms with Crippen LogP contribution in [0.4, 0.5) is 0 Å². The van der Waals surface area contributed by atoms with E-state index in [1.165, 1.54) is 4.57 Å². The Morgan fingerprint density at radius 1 is 1.20 bits per heavy atom. The second-order valence-electron chi connectivity index (χ2n) is 5.46. The highest BCUT2D eigenvalue weighted by molar-refractivity contribution is 5.89. The van der Waals surface area contributed by atoms with Gasteiger partial charge in [0, 0.05) is 17.5 Å². The van der Waals surface area contributed by atoms with Crippen molar-refractivity contribution in [2.75, 3.05) is 0 Å². The zero-order valence-corrected chi connectivity index (χ0v) is 13.5. The maximum atomic E-state index is 12.2. The highest BCUT2D eigenvalue weighted by atomic mass is 16.5. The number of hydrogen-bond acceptors (Lipinski definition) is 4. The zero-order chi connectivity index (χ0) is 17.8. The molecule has 0 saturated carbocycles. The van der Waals surface area contributed by atoms with E-state index in [4.69, 9.17) is 10.00 Å². The van der Waals surface area contributed by atoms with Gasteiger partial charge in [-0.15, -0.1) is 0 Å². The number of imidazole rings is 1. The number of nitriles is 1. The summed E-state index contributed by atoms with van der Waals surface area (Å²) in [4.78, 5) is 26.5. The van der Waals surface area contributed by atoms with Crippen molar-refractivity contribution in [2.24, 2.45) is 0 Å². The van der Waals surface area contributed by atoms with Gasteiger partial charge in [-0.2, -0.15) is 5.26 Å². The third-order valence-electron chi connectivity index (χ3n) is 3.82. The van der Waals surface area contributed by atoms with E-state index in [1.54, 1.807) is 54.7 Å². The summed E-state index contributed by atoms with van der Waals surface area (Å²) in [5, 5.41) is 9.05. The van der Waals surface area contributed by atoms with Gasteiger partial charge in [0.05, 0.1) is 22.9 Å². The lowest BCUT2D eigenvalue weighted by Gasteiger charge is -2.08. The first-order chi connectivity index (χ1) is 12.1. The number of nitrogens with one attached hydrogen (secondary N) is 1. The van der Waals surface area contributed by atoms with Crippen molar-refractivity contribution in [1.82, 2.24) is 9.55 Å². The Kier molecular flexibility index (Phi) is 4.48. The Bertz CT molecular complexity index is 1010. The number of carbonyl (C=O) groups excluding carboxylic acids is 1. The van der Waals surface area contributed by atoms with E-state index in [9.17, 15) is 9.59 Å². The van der Waals surface area contributed by atoms with Crippen LogP contribution in [-0.4, -0.2) is 15.5 Å². The largest absolute Gasteiger partial charge is 0.457 e. The lowest BCUT2D eigenvalue weighted by atomic mass is 10.1. The second kappa shape index (κ2) is 6.89. The van der Waals surface area contributed by atoms with Crippen LogP contribution in [0.25, 0.3) is 5.69 Å². The Morgan fingerprint density at radius 2 is 1.92 bits per heavy atom. The molecule has 25 heavy (non-hydrogen) atoms. The van der Waals surface area contributed by atoms with Crippen LogP contribution in [-0.2, 0) is 11.3 Å². The molecule has 0 saturated heterocycles. The minimum Gasteiger partial charge on any atom is -0.457 e. The fourth-order valence-electron chi connectivity index (χ4n) is 2.50. The van der Waals surface area contributed by atoms with Crippen molar-refractivity contribution in [3.8, 4) is 11.8 Å². The van der Waals surface area contributed by atoms with Crippen LogP contribution in [0.5, 0.6) is 0 Å². The number of rotatable bonds is 4. The molecule has 0 radical (unpaired) electrons. The normalized spacial score (nSPS) is 10.2. The average molecular weight is 333 g/mol. The molecule has 0 fully saturated rings. The van der Waals surface area contributed by atoms with E-state index < -0.39 is 5.97 Å². The molecule has 1 aromatic heterocycles. The first kappa shape index (κ1) is 16.3. The first-order valence-electron chi connectivity index (χ1n) is 7.63. The van der Waals surface area contributed by atoms with E-state index in [1.807, 2.05) is 6.92 Å². The number of hydrogen-bond donors (Lipinski definition) is 1.